The smallest absolute Gasteiger partial charge is 0.198 e. The Morgan fingerprint density at radius 3 is 2.88 bits per heavy atom. The molecule has 0 spiro atoms. The number of fused-ring (bicyclic) bond motifs is 1. The number of nitrogens with zero attached hydrogens (tertiary/aromatic N) is 5. The van der Waals surface area contributed by atoms with Crippen molar-refractivity contribution in [2.75, 3.05) is 0 Å². The van der Waals surface area contributed by atoms with Crippen molar-refractivity contribution in [3.8, 4) is 11.5 Å². The Labute approximate surface area is 96.0 Å². The van der Waals surface area contributed by atoms with Crippen molar-refractivity contribution in [3.63, 3.8) is 0 Å². The number of hydrogen-bond acceptors (Lipinski definition) is 4. The second kappa shape index (κ2) is 3.58. The molecule has 0 fully saturated rings. The second-order valence-corrected chi connectivity index (χ2v) is 3.50. The van der Waals surface area contributed by atoms with Gasteiger partial charge in [-0.2, -0.15) is 0 Å². The van der Waals surface area contributed by atoms with E-state index in [0.717, 1.165) is 6.20 Å². The first-order chi connectivity index (χ1) is 8.25. The predicted molar refractivity (Wildman–Crippen MR) is 58.3 cm³/mol. The van der Waals surface area contributed by atoms with Gasteiger partial charge in [0.05, 0.1) is 12.4 Å². The van der Waals surface area contributed by atoms with Gasteiger partial charge in [0.2, 0.25) is 0 Å². The molecular formula is C11H7FN5. The van der Waals surface area contributed by atoms with E-state index in [4.69, 9.17) is 0 Å². The van der Waals surface area contributed by atoms with Crippen LogP contribution in [0.4, 0.5) is 4.39 Å². The molecule has 83 valence electrons. The molecule has 3 rings (SSSR count). The summed E-state index contributed by atoms with van der Waals surface area (Å²) in [5.41, 5.74) is 1.72. The van der Waals surface area contributed by atoms with Gasteiger partial charge in [-0.1, -0.05) is 0 Å². The van der Waals surface area contributed by atoms with Crippen LogP contribution < -0.4 is 0 Å². The Kier molecular flexibility index (Phi) is 2.07. The standard InChI is InChI=1S/C11H7FN5/c1-17-10(8-3-2-7(12)6-15-8)16-9-11(17)14-5-4-13-9/h2-3,5-6H,1H3. The molecule has 3 aromatic rings. The van der Waals surface area contributed by atoms with Crippen LogP contribution in [0.5, 0.6) is 0 Å². The maximum atomic E-state index is 12.8. The highest BCUT2D eigenvalue weighted by Gasteiger charge is 2.12. The number of imidazole rings is 1. The van der Waals surface area contributed by atoms with Crippen molar-refractivity contribution in [1.82, 2.24) is 24.5 Å². The van der Waals surface area contributed by atoms with Crippen LogP contribution in [0, 0.1) is 12.0 Å². The van der Waals surface area contributed by atoms with E-state index in [0.29, 0.717) is 22.8 Å². The molecule has 0 saturated carbocycles. The number of rotatable bonds is 1. The van der Waals surface area contributed by atoms with Gasteiger partial charge in [0.1, 0.15) is 17.7 Å². The monoisotopic (exact) mass is 228 g/mol. The summed E-state index contributed by atoms with van der Waals surface area (Å²) < 4.78 is 14.5. The first-order valence-corrected chi connectivity index (χ1v) is 4.93. The third kappa shape index (κ3) is 1.54. The van der Waals surface area contributed by atoms with Crippen LogP contribution in [-0.4, -0.2) is 24.5 Å². The van der Waals surface area contributed by atoms with Crippen LogP contribution >= 0.6 is 0 Å². The molecule has 6 heteroatoms. The Morgan fingerprint density at radius 1 is 1.29 bits per heavy atom. The third-order valence-electron chi connectivity index (χ3n) is 2.42. The van der Waals surface area contributed by atoms with E-state index in [2.05, 4.69) is 26.1 Å². The molecule has 0 atom stereocenters. The lowest BCUT2D eigenvalue weighted by Gasteiger charge is -1.99. The summed E-state index contributed by atoms with van der Waals surface area (Å²) in [5, 5.41) is 0. The minimum absolute atomic E-state index is 0.378. The van der Waals surface area contributed by atoms with Crippen LogP contribution in [0.1, 0.15) is 0 Å². The summed E-state index contributed by atoms with van der Waals surface area (Å²) in [6.07, 6.45) is 5.25. The Bertz CT molecular complexity index is 674. The van der Waals surface area contributed by atoms with Gasteiger partial charge in [-0.15, -0.1) is 0 Å². The average Bonchev–Trinajstić information content (AvgIpc) is 2.69. The summed E-state index contributed by atoms with van der Waals surface area (Å²) in [5.74, 6) is 0.219. The van der Waals surface area contributed by atoms with Crippen molar-refractivity contribution < 1.29 is 4.39 Å². The average molecular weight is 228 g/mol. The van der Waals surface area contributed by atoms with Gasteiger partial charge < -0.3 is 4.57 Å². The fraction of sp³-hybridized carbons (Fsp3) is 0.0909. The molecule has 1 radical (unpaired) electrons. The lowest BCUT2D eigenvalue weighted by atomic mass is 10.3. The predicted octanol–water partition coefficient (Wildman–Crippen LogP) is 1.36. The Hall–Kier alpha value is -2.37. The Balaban J connectivity index is 2.24. The molecule has 3 aromatic heterocycles. The molecule has 0 aromatic carbocycles. The first-order valence-electron chi connectivity index (χ1n) is 4.93. The van der Waals surface area contributed by atoms with Crippen LogP contribution in [-0.2, 0) is 7.05 Å². The number of hydrogen-bond donors (Lipinski definition) is 0. The minimum atomic E-state index is -0.378. The summed E-state index contributed by atoms with van der Waals surface area (Å²) >= 11 is 0. The fourth-order valence-electron chi connectivity index (χ4n) is 1.61. The Morgan fingerprint density at radius 2 is 2.18 bits per heavy atom. The van der Waals surface area contributed by atoms with Gasteiger partial charge in [0.15, 0.2) is 17.1 Å². The molecule has 0 amide bonds. The van der Waals surface area contributed by atoms with Gasteiger partial charge in [0, 0.05) is 7.05 Å². The molecule has 0 saturated heterocycles. The SMILES string of the molecule is Cn1c(-c2ccc(F)cn2)nc2n[c]cnc21. The van der Waals surface area contributed by atoms with Gasteiger partial charge in [0.25, 0.3) is 0 Å². The van der Waals surface area contributed by atoms with Crippen molar-refractivity contribution in [1.29, 1.82) is 0 Å². The summed E-state index contributed by atoms with van der Waals surface area (Å²) in [6.45, 7) is 0. The molecule has 3 heterocycles. The molecule has 0 N–H and O–H groups in total. The van der Waals surface area contributed by atoms with Gasteiger partial charge in [-0.3, -0.25) is 0 Å². The minimum Gasteiger partial charge on any atom is -0.309 e. The van der Waals surface area contributed by atoms with Gasteiger partial charge in [-0.05, 0) is 12.1 Å². The number of pyridine rings is 1. The largest absolute Gasteiger partial charge is 0.309 e. The third-order valence-corrected chi connectivity index (χ3v) is 2.42. The maximum Gasteiger partial charge on any atom is 0.198 e. The van der Waals surface area contributed by atoms with E-state index in [-0.39, 0.29) is 5.82 Å². The normalized spacial score (nSPS) is 10.9. The van der Waals surface area contributed by atoms with Crippen LogP contribution in [0.3, 0.4) is 0 Å². The first kappa shape index (κ1) is 9.83. The van der Waals surface area contributed by atoms with E-state index in [1.165, 1.54) is 12.3 Å². The molecule has 0 unspecified atom stereocenters. The van der Waals surface area contributed by atoms with Crippen molar-refractivity contribution in [2.24, 2.45) is 7.05 Å². The summed E-state index contributed by atoms with van der Waals surface area (Å²) in [7, 11) is 1.81. The van der Waals surface area contributed by atoms with E-state index >= 15 is 0 Å². The highest BCUT2D eigenvalue weighted by Crippen LogP contribution is 2.18. The van der Waals surface area contributed by atoms with E-state index < -0.39 is 0 Å². The molecule has 0 aliphatic carbocycles. The molecule has 0 bridgehead atoms. The number of aryl methyl sites for hydroxylation is 1. The molecule has 17 heavy (non-hydrogen) atoms. The molecular weight excluding hydrogens is 221 g/mol. The van der Waals surface area contributed by atoms with E-state index in [1.54, 1.807) is 10.6 Å². The zero-order valence-electron chi connectivity index (χ0n) is 8.92. The van der Waals surface area contributed by atoms with Gasteiger partial charge in [-0.25, -0.2) is 24.3 Å². The lowest BCUT2D eigenvalue weighted by molar-refractivity contribution is 0.621. The van der Waals surface area contributed by atoms with Crippen molar-refractivity contribution in [2.45, 2.75) is 0 Å². The van der Waals surface area contributed by atoms with Gasteiger partial charge >= 0.3 is 0 Å². The van der Waals surface area contributed by atoms with Crippen molar-refractivity contribution in [3.05, 3.63) is 36.5 Å². The molecule has 0 aliphatic rings. The number of halogens is 1. The zero-order chi connectivity index (χ0) is 11.8. The van der Waals surface area contributed by atoms with E-state index in [1.807, 2.05) is 7.05 Å². The summed E-state index contributed by atoms with van der Waals surface area (Å²) in [6, 6.07) is 2.91. The highest BCUT2D eigenvalue weighted by molar-refractivity contribution is 5.71. The second-order valence-electron chi connectivity index (χ2n) is 3.50. The fourth-order valence-corrected chi connectivity index (χ4v) is 1.61. The quantitative estimate of drug-likeness (QED) is 0.631. The van der Waals surface area contributed by atoms with E-state index in [9.17, 15) is 4.39 Å². The van der Waals surface area contributed by atoms with Crippen LogP contribution in [0.15, 0.2) is 24.5 Å². The topological polar surface area (TPSA) is 56.5 Å². The van der Waals surface area contributed by atoms with Crippen molar-refractivity contribution >= 4 is 11.3 Å². The molecule has 5 nitrogen and oxygen atoms in total. The van der Waals surface area contributed by atoms with Crippen LogP contribution in [0.25, 0.3) is 22.8 Å². The van der Waals surface area contributed by atoms with Crippen LogP contribution in [0.2, 0.25) is 0 Å². The number of aromatic nitrogens is 5. The zero-order valence-corrected chi connectivity index (χ0v) is 8.92. The molecule has 0 aliphatic heterocycles. The lowest BCUT2D eigenvalue weighted by Crippen LogP contribution is -1.95. The maximum absolute atomic E-state index is 12.8. The summed E-state index contributed by atoms with van der Waals surface area (Å²) in [4.78, 5) is 16.4. The highest BCUT2D eigenvalue weighted by atomic mass is 19.1.